The van der Waals surface area contributed by atoms with Crippen LogP contribution in [0.15, 0.2) is 40.5 Å². The van der Waals surface area contributed by atoms with E-state index in [1.165, 1.54) is 10.4 Å². The van der Waals surface area contributed by atoms with Gasteiger partial charge in [0.2, 0.25) is 0 Å². The Balaban J connectivity index is 1.45. The van der Waals surface area contributed by atoms with Gasteiger partial charge < -0.3 is 5.32 Å². The third-order valence-electron chi connectivity index (χ3n) is 4.93. The SMILES string of the molecule is C[C@@H](CNC(=O)c1n[nH]c(=O)c2ccccc12)N1CCc2sccc2C1. The van der Waals surface area contributed by atoms with E-state index in [2.05, 4.69) is 38.8 Å². The van der Waals surface area contributed by atoms with Crippen molar-refractivity contribution >= 4 is 28.0 Å². The Bertz CT molecular complexity index is 1010. The highest BCUT2D eigenvalue weighted by Gasteiger charge is 2.22. The first-order valence-corrected chi connectivity index (χ1v) is 9.56. The number of rotatable bonds is 4. The summed E-state index contributed by atoms with van der Waals surface area (Å²) >= 11 is 1.82. The van der Waals surface area contributed by atoms with Gasteiger partial charge in [0.05, 0.1) is 5.39 Å². The fourth-order valence-corrected chi connectivity index (χ4v) is 4.28. The van der Waals surface area contributed by atoms with Crippen LogP contribution in [0.1, 0.15) is 27.9 Å². The topological polar surface area (TPSA) is 78.1 Å². The van der Waals surface area contributed by atoms with E-state index in [4.69, 9.17) is 0 Å². The summed E-state index contributed by atoms with van der Waals surface area (Å²) in [7, 11) is 0. The molecule has 1 aromatic carbocycles. The van der Waals surface area contributed by atoms with E-state index in [1.807, 2.05) is 11.3 Å². The Kier molecular flexibility index (Phi) is 4.57. The van der Waals surface area contributed by atoms with Crippen molar-refractivity contribution in [2.75, 3.05) is 13.1 Å². The minimum Gasteiger partial charge on any atom is -0.349 e. The molecule has 134 valence electrons. The van der Waals surface area contributed by atoms with Crippen LogP contribution in [0.2, 0.25) is 0 Å². The third kappa shape index (κ3) is 3.15. The molecule has 0 saturated heterocycles. The summed E-state index contributed by atoms with van der Waals surface area (Å²) in [5.74, 6) is -0.266. The van der Waals surface area contributed by atoms with Crippen molar-refractivity contribution in [1.29, 1.82) is 0 Å². The predicted octanol–water partition coefficient (Wildman–Crippen LogP) is 2.16. The lowest BCUT2D eigenvalue weighted by Crippen LogP contribution is -2.44. The van der Waals surface area contributed by atoms with Crippen molar-refractivity contribution in [3.63, 3.8) is 0 Å². The highest BCUT2D eigenvalue weighted by Crippen LogP contribution is 2.25. The summed E-state index contributed by atoms with van der Waals surface area (Å²) in [4.78, 5) is 28.3. The molecule has 2 aromatic heterocycles. The Morgan fingerprint density at radius 3 is 3.00 bits per heavy atom. The number of carbonyl (C=O) groups excluding carboxylic acids is 1. The summed E-state index contributed by atoms with van der Waals surface area (Å²) in [5.41, 5.74) is 1.37. The lowest BCUT2D eigenvalue weighted by molar-refractivity contribution is 0.0928. The first-order valence-electron chi connectivity index (χ1n) is 8.68. The molecule has 6 nitrogen and oxygen atoms in total. The lowest BCUT2D eigenvalue weighted by Gasteiger charge is -2.32. The minimum atomic E-state index is -0.287. The van der Waals surface area contributed by atoms with Crippen LogP contribution in [0.4, 0.5) is 0 Å². The van der Waals surface area contributed by atoms with Gasteiger partial charge in [-0.3, -0.25) is 14.5 Å². The van der Waals surface area contributed by atoms with E-state index in [-0.39, 0.29) is 23.2 Å². The number of aromatic amines is 1. The lowest BCUT2D eigenvalue weighted by atomic mass is 10.1. The highest BCUT2D eigenvalue weighted by molar-refractivity contribution is 7.10. The number of nitrogens with one attached hydrogen (secondary N) is 2. The number of H-pyrrole nitrogens is 1. The molecule has 1 atom stereocenters. The van der Waals surface area contributed by atoms with Gasteiger partial charge in [0.15, 0.2) is 5.69 Å². The second kappa shape index (κ2) is 7.01. The fourth-order valence-electron chi connectivity index (χ4n) is 3.39. The second-order valence-corrected chi connectivity index (χ2v) is 7.60. The van der Waals surface area contributed by atoms with Gasteiger partial charge in [0.1, 0.15) is 0 Å². The van der Waals surface area contributed by atoms with Crippen molar-refractivity contribution in [2.45, 2.75) is 25.9 Å². The molecule has 0 unspecified atom stereocenters. The molecule has 1 aliphatic heterocycles. The van der Waals surface area contributed by atoms with Gasteiger partial charge in [-0.25, -0.2) is 5.10 Å². The standard InChI is InChI=1S/C19H20N4O2S/c1-12(23-8-6-16-13(11-23)7-9-26-16)10-20-19(25)17-14-4-2-3-5-15(14)18(24)22-21-17/h2-5,7,9,12H,6,8,10-11H2,1H3,(H,20,25)(H,22,24)/t12-/m0/s1. The van der Waals surface area contributed by atoms with Gasteiger partial charge in [0, 0.05) is 35.9 Å². The van der Waals surface area contributed by atoms with Gasteiger partial charge in [-0.1, -0.05) is 18.2 Å². The van der Waals surface area contributed by atoms with E-state index in [9.17, 15) is 9.59 Å². The number of amides is 1. The minimum absolute atomic E-state index is 0.223. The summed E-state index contributed by atoms with van der Waals surface area (Å²) in [6.07, 6.45) is 1.07. The quantitative estimate of drug-likeness (QED) is 0.740. The summed E-state index contributed by atoms with van der Waals surface area (Å²) in [5, 5.41) is 12.5. The largest absolute Gasteiger partial charge is 0.349 e. The van der Waals surface area contributed by atoms with Gasteiger partial charge in [-0.2, -0.15) is 5.10 Å². The number of hydrogen-bond donors (Lipinski definition) is 2. The number of hydrogen-bond acceptors (Lipinski definition) is 5. The zero-order valence-corrected chi connectivity index (χ0v) is 15.3. The van der Waals surface area contributed by atoms with Gasteiger partial charge in [-0.15, -0.1) is 11.3 Å². The van der Waals surface area contributed by atoms with Crippen molar-refractivity contribution in [2.24, 2.45) is 0 Å². The zero-order valence-electron chi connectivity index (χ0n) is 14.5. The van der Waals surface area contributed by atoms with Crippen LogP contribution in [0.5, 0.6) is 0 Å². The Hall–Kier alpha value is -2.51. The average Bonchev–Trinajstić information content (AvgIpc) is 3.14. The van der Waals surface area contributed by atoms with E-state index in [1.54, 1.807) is 24.3 Å². The summed E-state index contributed by atoms with van der Waals surface area (Å²) in [6, 6.07) is 9.43. The number of thiophene rings is 1. The number of nitrogens with zero attached hydrogens (tertiary/aromatic N) is 2. The molecule has 7 heteroatoms. The fraction of sp³-hybridized carbons (Fsp3) is 0.316. The van der Waals surface area contributed by atoms with Crippen molar-refractivity contribution < 1.29 is 4.79 Å². The number of fused-ring (bicyclic) bond motifs is 2. The number of benzene rings is 1. The Morgan fingerprint density at radius 1 is 1.35 bits per heavy atom. The van der Waals surface area contributed by atoms with Gasteiger partial charge in [-0.05, 0) is 36.4 Å². The molecule has 0 spiro atoms. The van der Waals surface area contributed by atoms with Gasteiger partial charge in [0.25, 0.3) is 11.5 Å². The zero-order chi connectivity index (χ0) is 18.1. The van der Waals surface area contributed by atoms with E-state index >= 15 is 0 Å². The van der Waals surface area contributed by atoms with Crippen molar-refractivity contribution in [3.8, 4) is 0 Å². The molecule has 0 fully saturated rings. The van der Waals surface area contributed by atoms with Crippen LogP contribution >= 0.6 is 11.3 Å². The molecule has 2 N–H and O–H groups in total. The molecule has 1 aliphatic rings. The second-order valence-electron chi connectivity index (χ2n) is 6.60. The number of carbonyl (C=O) groups is 1. The van der Waals surface area contributed by atoms with E-state index in [0.29, 0.717) is 17.3 Å². The maximum Gasteiger partial charge on any atom is 0.272 e. The van der Waals surface area contributed by atoms with Crippen LogP contribution in [-0.4, -0.2) is 40.1 Å². The molecular formula is C19H20N4O2S. The maximum absolute atomic E-state index is 12.6. The van der Waals surface area contributed by atoms with Crippen LogP contribution in [0, 0.1) is 0 Å². The normalized spacial score (nSPS) is 15.6. The average molecular weight is 368 g/mol. The number of aromatic nitrogens is 2. The predicted molar refractivity (Wildman–Crippen MR) is 103 cm³/mol. The Morgan fingerprint density at radius 2 is 2.15 bits per heavy atom. The smallest absolute Gasteiger partial charge is 0.272 e. The van der Waals surface area contributed by atoms with Crippen LogP contribution < -0.4 is 10.9 Å². The van der Waals surface area contributed by atoms with Crippen LogP contribution in [0.25, 0.3) is 10.8 Å². The molecule has 3 heterocycles. The molecule has 26 heavy (non-hydrogen) atoms. The van der Waals surface area contributed by atoms with Crippen LogP contribution in [0.3, 0.4) is 0 Å². The van der Waals surface area contributed by atoms with E-state index < -0.39 is 0 Å². The molecule has 0 saturated carbocycles. The van der Waals surface area contributed by atoms with Crippen molar-refractivity contribution in [1.82, 2.24) is 20.4 Å². The molecule has 1 amide bonds. The summed E-state index contributed by atoms with van der Waals surface area (Å²) in [6.45, 7) is 4.59. The molecular weight excluding hydrogens is 348 g/mol. The van der Waals surface area contributed by atoms with Crippen molar-refractivity contribution in [3.05, 3.63) is 62.2 Å². The molecule has 3 aromatic rings. The Labute approximate surface area is 154 Å². The summed E-state index contributed by atoms with van der Waals surface area (Å²) < 4.78 is 0. The third-order valence-corrected chi connectivity index (χ3v) is 5.95. The first-order chi connectivity index (χ1) is 12.6. The molecule has 0 bridgehead atoms. The highest BCUT2D eigenvalue weighted by atomic mass is 32.1. The molecule has 0 aliphatic carbocycles. The first kappa shape index (κ1) is 16.9. The van der Waals surface area contributed by atoms with Gasteiger partial charge >= 0.3 is 0 Å². The monoisotopic (exact) mass is 368 g/mol. The molecule has 4 rings (SSSR count). The van der Waals surface area contributed by atoms with E-state index in [0.717, 1.165) is 19.5 Å². The maximum atomic E-state index is 12.6. The molecule has 0 radical (unpaired) electrons. The van der Waals surface area contributed by atoms with Crippen LogP contribution in [-0.2, 0) is 13.0 Å².